The summed E-state index contributed by atoms with van der Waals surface area (Å²) in [6, 6.07) is -0.871. The van der Waals surface area contributed by atoms with Crippen LogP contribution < -0.4 is 4.72 Å². The minimum absolute atomic E-state index is 0.0220. The molecule has 16 heavy (non-hydrogen) atoms. The fourth-order valence-corrected chi connectivity index (χ4v) is 2.52. The molecule has 0 aliphatic rings. The van der Waals surface area contributed by atoms with E-state index < -0.39 is 22.0 Å². The first-order valence-electron chi connectivity index (χ1n) is 5.15. The highest BCUT2D eigenvalue weighted by molar-refractivity contribution is 7.89. The predicted molar refractivity (Wildman–Crippen MR) is 62.4 cm³/mol. The Morgan fingerprint density at radius 2 is 2.19 bits per heavy atom. The minimum Gasteiger partial charge on any atom is -0.468 e. The normalized spacial score (nSPS) is 13.1. The molecule has 0 bridgehead atoms. The second kappa shape index (κ2) is 7.40. The van der Waals surface area contributed by atoms with Gasteiger partial charge in [0.2, 0.25) is 10.0 Å². The van der Waals surface area contributed by atoms with E-state index in [-0.39, 0.29) is 12.2 Å². The maximum atomic E-state index is 11.5. The first-order chi connectivity index (χ1) is 7.46. The van der Waals surface area contributed by atoms with E-state index in [1.165, 1.54) is 13.2 Å². The van der Waals surface area contributed by atoms with E-state index in [0.717, 1.165) is 6.42 Å². The van der Waals surface area contributed by atoms with Crippen LogP contribution in [0.5, 0.6) is 0 Å². The first kappa shape index (κ1) is 15.1. The van der Waals surface area contributed by atoms with Crippen molar-refractivity contribution in [3.8, 4) is 0 Å². The molecule has 0 heterocycles. The van der Waals surface area contributed by atoms with Crippen LogP contribution in [0, 0.1) is 0 Å². The Kier molecular flexibility index (Phi) is 7.00. The molecular formula is C10H19NO4S. The third kappa shape index (κ3) is 5.87. The summed E-state index contributed by atoms with van der Waals surface area (Å²) in [5.74, 6) is -0.575. The van der Waals surface area contributed by atoms with Crippen LogP contribution in [-0.2, 0) is 19.6 Å². The topological polar surface area (TPSA) is 72.5 Å². The van der Waals surface area contributed by atoms with Crippen LogP contribution in [-0.4, -0.2) is 33.3 Å². The molecule has 0 rings (SSSR count). The summed E-state index contributed by atoms with van der Waals surface area (Å²) in [5, 5.41) is 0. The zero-order valence-electron chi connectivity index (χ0n) is 9.73. The smallest absolute Gasteiger partial charge is 0.324 e. The van der Waals surface area contributed by atoms with Crippen LogP contribution in [0.25, 0.3) is 0 Å². The van der Waals surface area contributed by atoms with Gasteiger partial charge in [-0.3, -0.25) is 4.79 Å². The van der Waals surface area contributed by atoms with E-state index in [9.17, 15) is 13.2 Å². The van der Waals surface area contributed by atoms with Crippen molar-refractivity contribution in [2.75, 3.05) is 12.9 Å². The van der Waals surface area contributed by atoms with Gasteiger partial charge in [-0.25, -0.2) is 13.1 Å². The van der Waals surface area contributed by atoms with Gasteiger partial charge >= 0.3 is 5.97 Å². The third-order valence-corrected chi connectivity index (χ3v) is 3.45. The number of carbonyl (C=O) groups excluding carboxylic acids is 1. The molecule has 0 aromatic rings. The highest BCUT2D eigenvalue weighted by Crippen LogP contribution is 2.01. The number of esters is 1. The zero-order chi connectivity index (χ0) is 12.6. The molecule has 94 valence electrons. The summed E-state index contributed by atoms with van der Waals surface area (Å²) in [6.45, 7) is 5.37. The Hall–Kier alpha value is -0.880. The molecule has 5 nitrogen and oxygen atoms in total. The van der Waals surface area contributed by atoms with E-state index in [2.05, 4.69) is 16.0 Å². The number of nitrogens with one attached hydrogen (secondary N) is 1. The van der Waals surface area contributed by atoms with Crippen molar-refractivity contribution in [3.05, 3.63) is 12.7 Å². The molecule has 0 aliphatic heterocycles. The van der Waals surface area contributed by atoms with Gasteiger partial charge in [0.15, 0.2) is 0 Å². The van der Waals surface area contributed by atoms with Gasteiger partial charge in [-0.15, -0.1) is 6.58 Å². The molecule has 0 aromatic heterocycles. The Labute approximate surface area is 96.9 Å². The standard InChI is InChI=1S/C10H19NO4S/c1-4-6-8-16(13,14)11-9(7-5-2)10(12)15-3/h5,9,11H,2,4,6-8H2,1,3H3. The number of sulfonamides is 1. The number of hydrogen-bond donors (Lipinski definition) is 1. The lowest BCUT2D eigenvalue weighted by atomic mass is 10.2. The van der Waals surface area contributed by atoms with Gasteiger partial charge < -0.3 is 4.74 Å². The van der Waals surface area contributed by atoms with Crippen molar-refractivity contribution in [2.45, 2.75) is 32.2 Å². The number of unbranched alkanes of at least 4 members (excludes halogenated alkanes) is 1. The van der Waals surface area contributed by atoms with Gasteiger partial charge in [0.25, 0.3) is 0 Å². The Bertz CT molecular complexity index is 324. The molecular weight excluding hydrogens is 230 g/mol. The Morgan fingerprint density at radius 1 is 1.56 bits per heavy atom. The molecule has 0 aliphatic carbocycles. The fraction of sp³-hybridized carbons (Fsp3) is 0.700. The van der Waals surface area contributed by atoms with Gasteiger partial charge in [0.05, 0.1) is 12.9 Å². The molecule has 1 unspecified atom stereocenters. The Balaban J connectivity index is 4.49. The van der Waals surface area contributed by atoms with Crippen molar-refractivity contribution in [3.63, 3.8) is 0 Å². The van der Waals surface area contributed by atoms with E-state index >= 15 is 0 Å². The van der Waals surface area contributed by atoms with Gasteiger partial charge in [0.1, 0.15) is 6.04 Å². The fourth-order valence-electron chi connectivity index (χ4n) is 1.11. The van der Waals surface area contributed by atoms with Crippen molar-refractivity contribution in [1.82, 2.24) is 4.72 Å². The molecule has 1 atom stereocenters. The van der Waals surface area contributed by atoms with Crippen LogP contribution in [0.1, 0.15) is 26.2 Å². The van der Waals surface area contributed by atoms with E-state index in [0.29, 0.717) is 6.42 Å². The van der Waals surface area contributed by atoms with E-state index in [4.69, 9.17) is 0 Å². The van der Waals surface area contributed by atoms with Crippen LogP contribution in [0.3, 0.4) is 0 Å². The molecule has 0 radical (unpaired) electrons. The van der Waals surface area contributed by atoms with Crippen LogP contribution in [0.4, 0.5) is 0 Å². The molecule has 0 fully saturated rings. The van der Waals surface area contributed by atoms with Gasteiger partial charge in [-0.2, -0.15) is 0 Å². The maximum Gasteiger partial charge on any atom is 0.324 e. The van der Waals surface area contributed by atoms with Crippen molar-refractivity contribution in [2.24, 2.45) is 0 Å². The second-order valence-electron chi connectivity index (χ2n) is 3.39. The predicted octanol–water partition coefficient (Wildman–Crippen LogP) is 0.824. The molecule has 0 aromatic carbocycles. The summed E-state index contributed by atoms with van der Waals surface area (Å²) in [5.41, 5.74) is 0. The summed E-state index contributed by atoms with van der Waals surface area (Å²) in [7, 11) is -2.20. The largest absolute Gasteiger partial charge is 0.468 e. The minimum atomic E-state index is -3.42. The van der Waals surface area contributed by atoms with Crippen molar-refractivity contribution in [1.29, 1.82) is 0 Å². The monoisotopic (exact) mass is 249 g/mol. The summed E-state index contributed by atoms with van der Waals surface area (Å²) in [6.07, 6.45) is 3.05. The summed E-state index contributed by atoms with van der Waals surface area (Å²) in [4.78, 5) is 11.3. The number of ether oxygens (including phenoxy) is 1. The van der Waals surface area contributed by atoms with Crippen molar-refractivity contribution >= 4 is 16.0 Å². The third-order valence-electron chi connectivity index (χ3n) is 1.98. The average molecular weight is 249 g/mol. The Morgan fingerprint density at radius 3 is 2.62 bits per heavy atom. The van der Waals surface area contributed by atoms with Gasteiger partial charge in [0, 0.05) is 0 Å². The van der Waals surface area contributed by atoms with Gasteiger partial charge in [-0.1, -0.05) is 19.4 Å². The quantitative estimate of drug-likeness (QED) is 0.510. The molecule has 1 N–H and O–H groups in total. The molecule has 0 spiro atoms. The van der Waals surface area contributed by atoms with Gasteiger partial charge in [-0.05, 0) is 12.8 Å². The highest BCUT2D eigenvalue weighted by Gasteiger charge is 2.23. The summed E-state index contributed by atoms with van der Waals surface area (Å²) < 4.78 is 29.9. The lowest BCUT2D eigenvalue weighted by Gasteiger charge is -2.14. The number of methoxy groups -OCH3 is 1. The number of hydrogen-bond acceptors (Lipinski definition) is 4. The molecule has 0 saturated carbocycles. The highest BCUT2D eigenvalue weighted by atomic mass is 32.2. The van der Waals surface area contributed by atoms with Crippen LogP contribution >= 0.6 is 0 Å². The lowest BCUT2D eigenvalue weighted by Crippen LogP contribution is -2.42. The summed E-state index contributed by atoms with van der Waals surface area (Å²) >= 11 is 0. The van der Waals surface area contributed by atoms with E-state index in [1.54, 1.807) is 0 Å². The maximum absolute atomic E-state index is 11.5. The van der Waals surface area contributed by atoms with Crippen LogP contribution in [0.15, 0.2) is 12.7 Å². The SMILES string of the molecule is C=CCC(NS(=O)(=O)CCCC)C(=O)OC. The average Bonchev–Trinajstić information content (AvgIpc) is 2.24. The number of rotatable bonds is 8. The molecule has 0 amide bonds. The first-order valence-corrected chi connectivity index (χ1v) is 6.80. The zero-order valence-corrected chi connectivity index (χ0v) is 10.5. The molecule has 6 heteroatoms. The molecule has 0 saturated heterocycles. The van der Waals surface area contributed by atoms with E-state index in [1.807, 2.05) is 6.92 Å². The van der Waals surface area contributed by atoms with Crippen LogP contribution in [0.2, 0.25) is 0 Å². The second-order valence-corrected chi connectivity index (χ2v) is 5.26. The number of carbonyl (C=O) groups is 1. The lowest BCUT2D eigenvalue weighted by molar-refractivity contribution is -0.142. The van der Waals surface area contributed by atoms with Crippen molar-refractivity contribution < 1.29 is 17.9 Å².